The Morgan fingerprint density at radius 1 is 1.62 bits per heavy atom. The third-order valence-electron chi connectivity index (χ3n) is 1.70. The van der Waals surface area contributed by atoms with Crippen molar-refractivity contribution in [3.8, 4) is 0 Å². The number of aromatic nitrogens is 1. The molecule has 0 saturated heterocycles. The Morgan fingerprint density at radius 2 is 2.38 bits per heavy atom. The molecule has 0 radical (unpaired) electrons. The fourth-order valence-electron chi connectivity index (χ4n) is 1.01. The van der Waals surface area contributed by atoms with Crippen molar-refractivity contribution in [1.29, 1.82) is 0 Å². The smallest absolute Gasteiger partial charge is 0.0929 e. The van der Waals surface area contributed by atoms with E-state index in [1.54, 1.807) is 12.4 Å². The molecule has 1 aromatic rings. The Kier molecular flexibility index (Phi) is 4.35. The number of pyridine rings is 1. The Labute approximate surface area is 86.3 Å². The molecule has 0 saturated carbocycles. The summed E-state index contributed by atoms with van der Waals surface area (Å²) in [5.74, 6) is 0. The zero-order valence-corrected chi connectivity index (χ0v) is 9.08. The lowest BCUT2D eigenvalue weighted by molar-refractivity contribution is 0.175. The second-order valence-electron chi connectivity index (χ2n) is 2.76. The average molecular weight is 245 g/mol. The van der Waals surface area contributed by atoms with Crippen molar-refractivity contribution in [2.45, 2.75) is 13.0 Å². The highest BCUT2D eigenvalue weighted by Crippen LogP contribution is 2.15. The number of hydrogen-bond acceptors (Lipinski definition) is 3. The molecule has 0 unspecified atom stereocenters. The molecule has 0 aliphatic rings. The zero-order chi connectivity index (χ0) is 9.68. The maximum absolute atomic E-state index is 9.65. The summed E-state index contributed by atoms with van der Waals surface area (Å²) in [4.78, 5) is 3.98. The van der Waals surface area contributed by atoms with E-state index in [2.05, 4.69) is 26.2 Å². The predicted molar refractivity (Wildman–Crippen MR) is 55.4 cm³/mol. The van der Waals surface area contributed by atoms with Crippen molar-refractivity contribution in [2.24, 2.45) is 0 Å². The Bertz CT molecular complexity index is 268. The Morgan fingerprint density at radius 3 is 3.00 bits per heavy atom. The summed E-state index contributed by atoms with van der Waals surface area (Å²) in [5, 5.41) is 12.7. The van der Waals surface area contributed by atoms with Crippen LogP contribution in [-0.4, -0.2) is 23.2 Å². The predicted octanol–water partition coefficient (Wildman–Crippen LogP) is 1.49. The molecule has 0 aromatic carbocycles. The highest BCUT2D eigenvalue weighted by Gasteiger charge is 2.06. The molecule has 3 nitrogen and oxygen atoms in total. The second-order valence-corrected chi connectivity index (χ2v) is 3.68. The van der Waals surface area contributed by atoms with E-state index in [0.29, 0.717) is 6.54 Å². The van der Waals surface area contributed by atoms with Crippen LogP contribution in [0.2, 0.25) is 0 Å². The quantitative estimate of drug-likeness (QED) is 0.844. The van der Waals surface area contributed by atoms with E-state index in [1.807, 2.05) is 13.0 Å². The minimum atomic E-state index is -0.482. The van der Waals surface area contributed by atoms with Gasteiger partial charge >= 0.3 is 0 Å². The van der Waals surface area contributed by atoms with Crippen LogP contribution in [0.15, 0.2) is 22.9 Å². The normalized spacial score (nSPS) is 12.8. The van der Waals surface area contributed by atoms with Crippen LogP contribution in [-0.2, 0) is 0 Å². The van der Waals surface area contributed by atoms with Crippen molar-refractivity contribution in [3.63, 3.8) is 0 Å². The lowest BCUT2D eigenvalue weighted by atomic mass is 10.1. The first-order valence-electron chi connectivity index (χ1n) is 4.23. The minimum absolute atomic E-state index is 0.482. The topological polar surface area (TPSA) is 45.1 Å². The van der Waals surface area contributed by atoms with E-state index in [4.69, 9.17) is 0 Å². The van der Waals surface area contributed by atoms with Crippen molar-refractivity contribution >= 4 is 15.9 Å². The highest BCUT2D eigenvalue weighted by atomic mass is 79.9. The largest absolute Gasteiger partial charge is 0.387 e. The van der Waals surface area contributed by atoms with E-state index in [1.165, 1.54) is 0 Å². The third-order valence-corrected chi connectivity index (χ3v) is 2.13. The van der Waals surface area contributed by atoms with Gasteiger partial charge in [0.2, 0.25) is 0 Å². The standard InChI is InChI=1S/C9H13BrN2O/c1-2-11-6-9(13)7-3-8(10)5-12-4-7/h3-5,9,11,13H,2,6H2,1H3/t9-/m0/s1. The molecular formula is C9H13BrN2O. The van der Waals surface area contributed by atoms with Crippen LogP contribution < -0.4 is 5.32 Å². The summed E-state index contributed by atoms with van der Waals surface area (Å²) in [6.07, 6.45) is 2.89. The first kappa shape index (κ1) is 10.6. The van der Waals surface area contributed by atoms with Crippen LogP contribution >= 0.6 is 15.9 Å². The summed E-state index contributed by atoms with van der Waals surface area (Å²) < 4.78 is 0.889. The highest BCUT2D eigenvalue weighted by molar-refractivity contribution is 9.10. The van der Waals surface area contributed by atoms with Gasteiger partial charge in [0.25, 0.3) is 0 Å². The van der Waals surface area contributed by atoms with Crippen LogP contribution in [0.3, 0.4) is 0 Å². The summed E-state index contributed by atoms with van der Waals surface area (Å²) >= 11 is 3.30. The first-order valence-corrected chi connectivity index (χ1v) is 5.02. The van der Waals surface area contributed by atoms with Crippen molar-refractivity contribution in [1.82, 2.24) is 10.3 Å². The van der Waals surface area contributed by atoms with E-state index in [0.717, 1.165) is 16.6 Å². The van der Waals surface area contributed by atoms with Crippen LogP contribution in [0.25, 0.3) is 0 Å². The molecule has 2 N–H and O–H groups in total. The molecule has 1 atom stereocenters. The maximum atomic E-state index is 9.65. The summed E-state index contributed by atoms with van der Waals surface area (Å²) in [6, 6.07) is 1.87. The van der Waals surface area contributed by atoms with E-state index in [9.17, 15) is 5.11 Å². The van der Waals surface area contributed by atoms with Crippen LogP contribution in [0.4, 0.5) is 0 Å². The summed E-state index contributed by atoms with van der Waals surface area (Å²) in [5.41, 5.74) is 0.829. The van der Waals surface area contributed by atoms with Crippen LogP contribution in [0, 0.1) is 0 Å². The van der Waals surface area contributed by atoms with Crippen molar-refractivity contribution < 1.29 is 5.11 Å². The SMILES string of the molecule is CCNC[C@H](O)c1cncc(Br)c1. The van der Waals surface area contributed by atoms with Gasteiger partial charge in [0, 0.05) is 29.0 Å². The Hall–Kier alpha value is -0.450. The van der Waals surface area contributed by atoms with Gasteiger partial charge in [-0.2, -0.15) is 0 Å². The van der Waals surface area contributed by atoms with Crippen LogP contribution in [0.5, 0.6) is 0 Å². The molecule has 1 heterocycles. The van der Waals surface area contributed by atoms with Crippen molar-refractivity contribution in [3.05, 3.63) is 28.5 Å². The molecule has 1 rings (SSSR count). The van der Waals surface area contributed by atoms with E-state index < -0.39 is 6.10 Å². The summed E-state index contributed by atoms with van der Waals surface area (Å²) in [6.45, 7) is 3.43. The maximum Gasteiger partial charge on any atom is 0.0929 e. The summed E-state index contributed by atoms with van der Waals surface area (Å²) in [7, 11) is 0. The molecule has 0 spiro atoms. The number of nitrogens with zero attached hydrogens (tertiary/aromatic N) is 1. The van der Waals surface area contributed by atoms with E-state index in [-0.39, 0.29) is 0 Å². The molecule has 72 valence electrons. The molecule has 0 aliphatic heterocycles. The second kappa shape index (κ2) is 5.32. The van der Waals surface area contributed by atoms with Gasteiger partial charge in [-0.25, -0.2) is 0 Å². The first-order chi connectivity index (χ1) is 6.24. The van der Waals surface area contributed by atoms with Gasteiger partial charge in [0.1, 0.15) is 0 Å². The number of nitrogens with one attached hydrogen (secondary N) is 1. The molecular weight excluding hydrogens is 232 g/mol. The van der Waals surface area contributed by atoms with Crippen molar-refractivity contribution in [2.75, 3.05) is 13.1 Å². The van der Waals surface area contributed by atoms with Gasteiger partial charge in [-0.15, -0.1) is 0 Å². The molecule has 0 aliphatic carbocycles. The molecule has 1 aromatic heterocycles. The number of likely N-dealkylation sites (N-methyl/N-ethyl adjacent to an activating group) is 1. The molecule has 13 heavy (non-hydrogen) atoms. The minimum Gasteiger partial charge on any atom is -0.387 e. The van der Waals surface area contributed by atoms with Gasteiger partial charge in [0.05, 0.1) is 6.10 Å². The average Bonchev–Trinajstić information content (AvgIpc) is 2.14. The van der Waals surface area contributed by atoms with Crippen LogP contribution in [0.1, 0.15) is 18.6 Å². The lowest BCUT2D eigenvalue weighted by Crippen LogP contribution is -2.20. The number of hydrogen-bond donors (Lipinski definition) is 2. The molecule has 0 amide bonds. The number of aliphatic hydroxyl groups excluding tert-OH is 1. The zero-order valence-electron chi connectivity index (χ0n) is 7.50. The molecule has 4 heteroatoms. The fourth-order valence-corrected chi connectivity index (χ4v) is 1.39. The molecule has 0 fully saturated rings. The van der Waals surface area contributed by atoms with Gasteiger partial charge in [-0.05, 0) is 28.5 Å². The molecule has 0 bridgehead atoms. The Balaban J connectivity index is 2.60. The van der Waals surface area contributed by atoms with Gasteiger partial charge in [0.15, 0.2) is 0 Å². The monoisotopic (exact) mass is 244 g/mol. The van der Waals surface area contributed by atoms with E-state index >= 15 is 0 Å². The fraction of sp³-hybridized carbons (Fsp3) is 0.444. The third kappa shape index (κ3) is 3.42. The van der Waals surface area contributed by atoms with Gasteiger partial charge in [-0.3, -0.25) is 4.98 Å². The number of rotatable bonds is 4. The lowest BCUT2D eigenvalue weighted by Gasteiger charge is -2.10. The number of halogens is 1. The number of aliphatic hydroxyl groups is 1. The van der Waals surface area contributed by atoms with Gasteiger partial charge < -0.3 is 10.4 Å². The van der Waals surface area contributed by atoms with Gasteiger partial charge in [-0.1, -0.05) is 6.92 Å².